The topological polar surface area (TPSA) is 106 Å². The monoisotopic (exact) mass is 448 g/mol. The fourth-order valence-electron chi connectivity index (χ4n) is 4.12. The molecule has 0 aliphatic carbocycles. The summed E-state index contributed by atoms with van der Waals surface area (Å²) in [6, 6.07) is 26.2. The molecule has 0 unspecified atom stereocenters. The molecule has 0 saturated carbocycles. The molecule has 0 amide bonds. The van der Waals surface area contributed by atoms with E-state index in [1.807, 2.05) is 79.7 Å². The normalized spacial score (nSPS) is 14.6. The number of fused-ring (bicyclic) bond motifs is 1. The van der Waals surface area contributed by atoms with Gasteiger partial charge in [0.25, 0.3) is 0 Å². The number of nitrogens with one attached hydrogen (secondary N) is 1. The molecule has 0 spiro atoms. The first kappa shape index (κ1) is 21.1. The Morgan fingerprint density at radius 3 is 2.71 bits per heavy atom. The third-order valence-electron chi connectivity index (χ3n) is 5.70. The van der Waals surface area contributed by atoms with Crippen LogP contribution in [0.3, 0.4) is 0 Å². The van der Waals surface area contributed by atoms with Crippen molar-refractivity contribution in [1.29, 1.82) is 5.26 Å². The maximum Gasteiger partial charge on any atom is 0.338 e. The van der Waals surface area contributed by atoms with E-state index in [1.54, 1.807) is 10.7 Å². The zero-order valence-corrected chi connectivity index (χ0v) is 18.3. The highest BCUT2D eigenvalue weighted by atomic mass is 16.5. The van der Waals surface area contributed by atoms with Crippen LogP contribution in [0.5, 0.6) is 0 Å². The van der Waals surface area contributed by atoms with Gasteiger partial charge in [-0.05, 0) is 51.7 Å². The number of carbonyl (C=O) groups excluding carboxylic acids is 1. The fourth-order valence-corrected chi connectivity index (χ4v) is 4.12. The van der Waals surface area contributed by atoms with Gasteiger partial charge in [-0.3, -0.25) is 0 Å². The minimum absolute atomic E-state index is 0.150. The molecule has 5 rings (SSSR count). The summed E-state index contributed by atoms with van der Waals surface area (Å²) >= 11 is 0. The Morgan fingerprint density at radius 2 is 1.88 bits per heavy atom. The quantitative estimate of drug-likeness (QED) is 0.455. The standard InChI is InChI=1S/C26H20N6O2/c1-17-23(25(33)34-16-18-8-3-2-4-9-18)24(32-26(28-17)29-30-31-32)22-13-6-5-12-21(22)20-11-7-10-19(14-20)15-27/h2-14,24H,16H2,1H3,(H,28,29,31)/t24-/m1/s1. The number of hydrogen-bond donors (Lipinski definition) is 1. The van der Waals surface area contributed by atoms with Crippen molar-refractivity contribution in [2.45, 2.75) is 19.6 Å². The molecule has 0 saturated heterocycles. The Bertz CT molecular complexity index is 1430. The van der Waals surface area contributed by atoms with E-state index in [4.69, 9.17) is 4.74 Å². The Labute approximate surface area is 196 Å². The zero-order valence-electron chi connectivity index (χ0n) is 18.3. The summed E-state index contributed by atoms with van der Waals surface area (Å²) in [5.74, 6) is -0.0248. The van der Waals surface area contributed by atoms with Gasteiger partial charge < -0.3 is 10.1 Å². The highest BCUT2D eigenvalue weighted by Crippen LogP contribution is 2.39. The maximum absolute atomic E-state index is 13.4. The van der Waals surface area contributed by atoms with Crippen molar-refractivity contribution in [3.05, 3.63) is 107 Å². The van der Waals surface area contributed by atoms with Gasteiger partial charge in [0.15, 0.2) is 0 Å². The number of rotatable bonds is 5. The molecule has 0 bridgehead atoms. The Kier molecular flexibility index (Phi) is 5.58. The van der Waals surface area contributed by atoms with Gasteiger partial charge >= 0.3 is 5.97 Å². The van der Waals surface area contributed by atoms with Crippen molar-refractivity contribution < 1.29 is 9.53 Å². The van der Waals surface area contributed by atoms with Gasteiger partial charge in [-0.15, -0.1) is 0 Å². The zero-order chi connectivity index (χ0) is 23.5. The summed E-state index contributed by atoms with van der Waals surface area (Å²) in [4.78, 5) is 13.4. The van der Waals surface area contributed by atoms with Crippen LogP contribution in [0.15, 0.2) is 90.1 Å². The van der Waals surface area contributed by atoms with Crippen molar-refractivity contribution in [3.8, 4) is 17.2 Å². The lowest BCUT2D eigenvalue weighted by molar-refractivity contribution is -0.140. The fraction of sp³-hybridized carbons (Fsp3) is 0.115. The number of nitriles is 1. The van der Waals surface area contributed by atoms with Crippen molar-refractivity contribution in [3.63, 3.8) is 0 Å². The molecule has 1 aliphatic rings. The van der Waals surface area contributed by atoms with Crippen molar-refractivity contribution >= 4 is 11.9 Å². The number of nitrogens with zero attached hydrogens (tertiary/aromatic N) is 5. The molecule has 0 radical (unpaired) electrons. The Balaban J connectivity index is 1.59. The molecule has 4 aromatic rings. The van der Waals surface area contributed by atoms with E-state index in [1.165, 1.54) is 0 Å². The van der Waals surface area contributed by atoms with E-state index in [2.05, 4.69) is 26.9 Å². The van der Waals surface area contributed by atoms with E-state index < -0.39 is 12.0 Å². The van der Waals surface area contributed by atoms with Crippen LogP contribution in [0.25, 0.3) is 11.1 Å². The molecule has 1 aromatic heterocycles. The number of anilines is 1. The van der Waals surface area contributed by atoms with Gasteiger partial charge in [0.1, 0.15) is 12.6 Å². The predicted octanol–water partition coefficient (Wildman–Crippen LogP) is 4.24. The van der Waals surface area contributed by atoms with E-state index in [9.17, 15) is 10.1 Å². The molecule has 1 atom stereocenters. The Morgan fingerprint density at radius 1 is 1.09 bits per heavy atom. The summed E-state index contributed by atoms with van der Waals surface area (Å²) in [6.07, 6.45) is 0. The second-order valence-corrected chi connectivity index (χ2v) is 7.85. The molecule has 8 heteroatoms. The number of aromatic nitrogens is 4. The first-order chi connectivity index (χ1) is 16.7. The van der Waals surface area contributed by atoms with Crippen LogP contribution in [0, 0.1) is 11.3 Å². The molecule has 3 aromatic carbocycles. The highest BCUT2D eigenvalue weighted by molar-refractivity contribution is 5.93. The smallest absolute Gasteiger partial charge is 0.338 e. The average Bonchev–Trinajstić information content (AvgIpc) is 3.35. The largest absolute Gasteiger partial charge is 0.457 e. The highest BCUT2D eigenvalue weighted by Gasteiger charge is 2.36. The van der Waals surface area contributed by atoms with Crippen molar-refractivity contribution in [2.24, 2.45) is 0 Å². The van der Waals surface area contributed by atoms with Crippen LogP contribution in [-0.2, 0) is 16.1 Å². The molecule has 1 aliphatic heterocycles. The molecular weight excluding hydrogens is 428 g/mol. The number of benzene rings is 3. The minimum atomic E-state index is -0.614. The summed E-state index contributed by atoms with van der Waals surface area (Å²) in [6.45, 7) is 1.96. The van der Waals surface area contributed by atoms with Crippen LogP contribution in [-0.4, -0.2) is 26.2 Å². The average molecular weight is 448 g/mol. The number of ether oxygens (including phenoxy) is 1. The summed E-state index contributed by atoms with van der Waals surface area (Å²) in [5.41, 5.74) is 5.02. The third-order valence-corrected chi connectivity index (χ3v) is 5.70. The number of carbonyl (C=O) groups is 1. The first-order valence-electron chi connectivity index (χ1n) is 10.7. The lowest BCUT2D eigenvalue weighted by Crippen LogP contribution is -2.30. The van der Waals surface area contributed by atoms with Crippen LogP contribution < -0.4 is 5.32 Å². The van der Waals surface area contributed by atoms with Crippen LogP contribution >= 0.6 is 0 Å². The number of hydrogen-bond acceptors (Lipinski definition) is 7. The van der Waals surface area contributed by atoms with E-state index in [-0.39, 0.29) is 6.61 Å². The van der Waals surface area contributed by atoms with E-state index in [0.29, 0.717) is 22.8 Å². The van der Waals surface area contributed by atoms with E-state index in [0.717, 1.165) is 22.3 Å². The second kappa shape index (κ2) is 9.00. The third kappa shape index (κ3) is 3.91. The number of allylic oxidation sites excluding steroid dienone is 1. The Hall–Kier alpha value is -4.77. The van der Waals surface area contributed by atoms with Crippen LogP contribution in [0.4, 0.5) is 5.95 Å². The van der Waals surface area contributed by atoms with Crippen molar-refractivity contribution in [2.75, 3.05) is 5.32 Å². The van der Waals surface area contributed by atoms with Crippen molar-refractivity contribution in [1.82, 2.24) is 20.2 Å². The number of tetrazole rings is 1. The molecule has 1 N–H and O–H groups in total. The maximum atomic E-state index is 13.4. The summed E-state index contributed by atoms with van der Waals surface area (Å²) in [5, 5.41) is 24.5. The van der Waals surface area contributed by atoms with Gasteiger partial charge in [-0.1, -0.05) is 71.8 Å². The molecular formula is C26H20N6O2. The van der Waals surface area contributed by atoms with Gasteiger partial charge in [-0.2, -0.15) is 9.94 Å². The predicted molar refractivity (Wildman–Crippen MR) is 125 cm³/mol. The number of esters is 1. The van der Waals surface area contributed by atoms with Gasteiger partial charge in [0.05, 0.1) is 17.2 Å². The van der Waals surface area contributed by atoms with Gasteiger partial charge in [0, 0.05) is 5.70 Å². The molecule has 2 heterocycles. The SMILES string of the molecule is CC1=C(C(=O)OCc2ccccc2)[C@@H](c2ccccc2-c2cccc(C#N)c2)n2nnnc2N1. The van der Waals surface area contributed by atoms with Gasteiger partial charge in [0.2, 0.25) is 5.95 Å². The van der Waals surface area contributed by atoms with E-state index >= 15 is 0 Å². The lowest BCUT2D eigenvalue weighted by Gasteiger charge is -2.29. The molecule has 34 heavy (non-hydrogen) atoms. The minimum Gasteiger partial charge on any atom is -0.457 e. The first-order valence-corrected chi connectivity index (χ1v) is 10.7. The van der Waals surface area contributed by atoms with Crippen LogP contribution in [0.1, 0.15) is 29.7 Å². The second-order valence-electron chi connectivity index (χ2n) is 7.85. The summed E-state index contributed by atoms with van der Waals surface area (Å²) < 4.78 is 7.28. The van der Waals surface area contributed by atoms with Crippen LogP contribution in [0.2, 0.25) is 0 Å². The summed E-state index contributed by atoms with van der Waals surface area (Å²) in [7, 11) is 0. The lowest BCUT2D eigenvalue weighted by atomic mass is 9.89. The molecule has 8 nitrogen and oxygen atoms in total. The van der Waals surface area contributed by atoms with Gasteiger partial charge in [-0.25, -0.2) is 4.79 Å². The molecule has 166 valence electrons. The molecule has 0 fully saturated rings.